The van der Waals surface area contributed by atoms with Crippen LogP contribution < -0.4 is 4.90 Å². The molecule has 1 saturated heterocycles. The third-order valence-corrected chi connectivity index (χ3v) is 6.34. The first-order valence-electron chi connectivity index (χ1n) is 11.9. The van der Waals surface area contributed by atoms with Crippen LogP contribution in [0.3, 0.4) is 0 Å². The zero-order valence-electron chi connectivity index (χ0n) is 20.2. The number of carboxylic acids is 2. The standard InChI is InChI=1S/C25H31N3O.C2H2O4/c1-3-27-12-14-28(15-13-27)25-23-10-5-4-7-21(23)18-24(26-25)22-9-6-8-20(17-22)19(2)11-16-29;3-1(4)2(5)6/h4-10,17-19,29H,3,11-16H2,1-2H3;(H,3,4)(H,5,6). The lowest BCUT2D eigenvalue weighted by molar-refractivity contribution is -0.159. The quantitative estimate of drug-likeness (QED) is 0.459. The number of anilines is 1. The molecule has 0 amide bonds. The number of fused-ring (bicyclic) bond motifs is 1. The maximum Gasteiger partial charge on any atom is 0.414 e. The van der Waals surface area contributed by atoms with E-state index in [-0.39, 0.29) is 6.61 Å². The molecule has 1 fully saturated rings. The topological polar surface area (TPSA) is 114 Å². The van der Waals surface area contributed by atoms with Gasteiger partial charge in [-0.1, -0.05) is 56.3 Å². The number of aliphatic hydroxyl groups excluding tert-OH is 1. The van der Waals surface area contributed by atoms with Gasteiger partial charge in [0.25, 0.3) is 0 Å². The molecule has 8 heteroatoms. The van der Waals surface area contributed by atoms with E-state index in [1.165, 1.54) is 16.3 Å². The number of hydrogen-bond acceptors (Lipinski definition) is 6. The Morgan fingerprint density at radius 1 is 0.971 bits per heavy atom. The monoisotopic (exact) mass is 479 g/mol. The lowest BCUT2D eigenvalue weighted by atomic mass is 9.95. The van der Waals surface area contributed by atoms with Crippen molar-refractivity contribution in [3.05, 3.63) is 60.2 Å². The minimum Gasteiger partial charge on any atom is -0.473 e. The molecule has 1 unspecified atom stereocenters. The average molecular weight is 480 g/mol. The summed E-state index contributed by atoms with van der Waals surface area (Å²) in [5, 5.41) is 26.5. The van der Waals surface area contributed by atoms with E-state index in [1.54, 1.807) is 0 Å². The summed E-state index contributed by atoms with van der Waals surface area (Å²) in [6, 6.07) is 19.4. The van der Waals surface area contributed by atoms with Crippen LogP contribution >= 0.6 is 0 Å². The molecule has 0 saturated carbocycles. The van der Waals surface area contributed by atoms with Crippen molar-refractivity contribution < 1.29 is 24.9 Å². The van der Waals surface area contributed by atoms with Crippen molar-refractivity contribution in [2.75, 3.05) is 44.2 Å². The number of hydrogen-bond donors (Lipinski definition) is 3. The van der Waals surface area contributed by atoms with Gasteiger partial charge in [-0.2, -0.15) is 0 Å². The zero-order chi connectivity index (χ0) is 25.4. The Morgan fingerprint density at radius 2 is 1.66 bits per heavy atom. The number of aliphatic hydroxyl groups is 1. The lowest BCUT2D eigenvalue weighted by Gasteiger charge is -2.35. The number of pyridine rings is 1. The van der Waals surface area contributed by atoms with Crippen LogP contribution in [-0.2, 0) is 9.59 Å². The van der Waals surface area contributed by atoms with Crippen molar-refractivity contribution in [3.8, 4) is 11.3 Å². The highest BCUT2D eigenvalue weighted by atomic mass is 16.4. The van der Waals surface area contributed by atoms with Gasteiger partial charge >= 0.3 is 11.9 Å². The molecule has 0 spiro atoms. The molecule has 186 valence electrons. The number of carboxylic acid groups (broad SMARTS) is 2. The summed E-state index contributed by atoms with van der Waals surface area (Å²) in [7, 11) is 0. The molecule has 3 N–H and O–H groups in total. The minimum absolute atomic E-state index is 0.216. The van der Waals surface area contributed by atoms with Crippen LogP contribution in [0.1, 0.15) is 31.7 Å². The van der Waals surface area contributed by atoms with E-state index in [4.69, 9.17) is 24.8 Å². The van der Waals surface area contributed by atoms with E-state index in [9.17, 15) is 5.11 Å². The van der Waals surface area contributed by atoms with Gasteiger partial charge in [0.1, 0.15) is 5.82 Å². The normalized spacial score (nSPS) is 14.8. The summed E-state index contributed by atoms with van der Waals surface area (Å²) in [6.45, 7) is 9.93. The van der Waals surface area contributed by atoms with Gasteiger partial charge in [-0.05, 0) is 42.0 Å². The van der Waals surface area contributed by atoms with Crippen molar-refractivity contribution >= 4 is 28.5 Å². The van der Waals surface area contributed by atoms with Crippen molar-refractivity contribution in [3.63, 3.8) is 0 Å². The molecule has 0 radical (unpaired) electrons. The van der Waals surface area contributed by atoms with Gasteiger partial charge < -0.3 is 25.1 Å². The van der Waals surface area contributed by atoms with E-state index in [1.807, 2.05) is 0 Å². The highest BCUT2D eigenvalue weighted by Crippen LogP contribution is 2.32. The van der Waals surface area contributed by atoms with Gasteiger partial charge in [-0.25, -0.2) is 14.6 Å². The molecule has 1 aliphatic heterocycles. The second-order valence-electron chi connectivity index (χ2n) is 8.62. The number of nitrogens with zero attached hydrogens (tertiary/aromatic N) is 3. The van der Waals surface area contributed by atoms with E-state index in [0.29, 0.717) is 5.92 Å². The Kier molecular flexibility index (Phi) is 9.17. The van der Waals surface area contributed by atoms with Gasteiger partial charge in [0, 0.05) is 43.7 Å². The van der Waals surface area contributed by atoms with Crippen molar-refractivity contribution in [1.29, 1.82) is 0 Å². The van der Waals surface area contributed by atoms with E-state index in [2.05, 4.69) is 78.2 Å². The summed E-state index contributed by atoms with van der Waals surface area (Å²) < 4.78 is 0. The fourth-order valence-corrected chi connectivity index (χ4v) is 4.21. The average Bonchev–Trinajstić information content (AvgIpc) is 2.88. The summed E-state index contributed by atoms with van der Waals surface area (Å²) in [5.41, 5.74) is 3.42. The van der Waals surface area contributed by atoms with Gasteiger partial charge in [-0.3, -0.25) is 0 Å². The Labute approximate surface area is 205 Å². The summed E-state index contributed by atoms with van der Waals surface area (Å²) in [5.74, 6) is -2.21. The third-order valence-electron chi connectivity index (χ3n) is 6.34. The fourth-order valence-electron chi connectivity index (χ4n) is 4.21. The third kappa shape index (κ3) is 6.77. The Balaban J connectivity index is 0.000000509. The molecule has 2 heterocycles. The van der Waals surface area contributed by atoms with E-state index in [0.717, 1.165) is 56.2 Å². The lowest BCUT2D eigenvalue weighted by Crippen LogP contribution is -2.46. The second-order valence-corrected chi connectivity index (χ2v) is 8.62. The van der Waals surface area contributed by atoms with Crippen LogP contribution in [-0.4, -0.2) is 76.5 Å². The Hall–Kier alpha value is -3.49. The SMILES string of the molecule is CCN1CCN(c2nc(-c3cccc(C(C)CCO)c3)cc3ccccc23)CC1.O=C(O)C(=O)O. The molecule has 2 aromatic carbocycles. The predicted molar refractivity (Wildman–Crippen MR) is 137 cm³/mol. The molecule has 3 aromatic rings. The maximum absolute atomic E-state index is 9.30. The molecule has 35 heavy (non-hydrogen) atoms. The minimum atomic E-state index is -1.82. The van der Waals surface area contributed by atoms with Crippen molar-refractivity contribution in [2.24, 2.45) is 0 Å². The van der Waals surface area contributed by atoms with Crippen molar-refractivity contribution in [2.45, 2.75) is 26.2 Å². The summed E-state index contributed by atoms with van der Waals surface area (Å²) >= 11 is 0. The number of aromatic nitrogens is 1. The predicted octanol–water partition coefficient (Wildman–Crippen LogP) is 3.69. The maximum atomic E-state index is 9.30. The molecule has 4 rings (SSSR count). The van der Waals surface area contributed by atoms with E-state index < -0.39 is 11.9 Å². The van der Waals surface area contributed by atoms with E-state index >= 15 is 0 Å². The Morgan fingerprint density at radius 3 is 2.29 bits per heavy atom. The second kappa shape index (κ2) is 12.3. The van der Waals surface area contributed by atoms with Crippen LogP contribution in [0, 0.1) is 0 Å². The number of likely N-dealkylation sites (N-methyl/N-ethyl adjacent to an activating group) is 1. The smallest absolute Gasteiger partial charge is 0.414 e. The van der Waals surface area contributed by atoms with Crippen LogP contribution in [0.25, 0.3) is 22.0 Å². The van der Waals surface area contributed by atoms with Gasteiger partial charge in [0.05, 0.1) is 5.69 Å². The first-order valence-corrected chi connectivity index (χ1v) is 11.9. The summed E-state index contributed by atoms with van der Waals surface area (Å²) in [4.78, 5) is 28.3. The van der Waals surface area contributed by atoms with Crippen LogP contribution in [0.5, 0.6) is 0 Å². The molecular formula is C27H33N3O5. The number of piperazine rings is 1. The Bertz CT molecular complexity index is 1150. The first-order chi connectivity index (χ1) is 16.8. The van der Waals surface area contributed by atoms with Crippen molar-refractivity contribution in [1.82, 2.24) is 9.88 Å². The molecule has 1 atom stereocenters. The number of carbonyl (C=O) groups is 2. The van der Waals surface area contributed by atoms with Crippen LogP contribution in [0.15, 0.2) is 54.6 Å². The molecule has 1 aromatic heterocycles. The summed E-state index contributed by atoms with van der Waals surface area (Å²) in [6.07, 6.45) is 0.779. The largest absolute Gasteiger partial charge is 0.473 e. The zero-order valence-corrected chi connectivity index (χ0v) is 20.2. The van der Waals surface area contributed by atoms with Gasteiger partial charge in [-0.15, -0.1) is 0 Å². The highest BCUT2D eigenvalue weighted by Gasteiger charge is 2.20. The fraction of sp³-hybridized carbons (Fsp3) is 0.370. The van der Waals surface area contributed by atoms with Crippen LogP contribution in [0.2, 0.25) is 0 Å². The highest BCUT2D eigenvalue weighted by molar-refractivity contribution is 6.27. The van der Waals surface area contributed by atoms with Gasteiger partial charge in [0.2, 0.25) is 0 Å². The van der Waals surface area contributed by atoms with Gasteiger partial charge in [0.15, 0.2) is 0 Å². The molecule has 0 bridgehead atoms. The number of benzene rings is 2. The molecule has 0 aliphatic carbocycles. The molecule has 8 nitrogen and oxygen atoms in total. The number of rotatable bonds is 6. The molecular weight excluding hydrogens is 446 g/mol. The number of aliphatic carboxylic acids is 2. The first kappa shape index (κ1) is 26.1. The van der Waals surface area contributed by atoms with Crippen LogP contribution in [0.4, 0.5) is 5.82 Å². The molecule has 1 aliphatic rings.